The predicted octanol–water partition coefficient (Wildman–Crippen LogP) is 5.22. The minimum Gasteiger partial charge on any atom is -0.485 e. The molecule has 0 amide bonds. The van der Waals surface area contributed by atoms with Gasteiger partial charge in [-0.25, -0.2) is 0 Å². The predicted molar refractivity (Wildman–Crippen MR) is 117 cm³/mol. The number of hydrogen-bond acceptors (Lipinski definition) is 3. The number of fused-ring (bicyclic) bond motifs is 1. The van der Waals surface area contributed by atoms with E-state index in [1.807, 2.05) is 42.5 Å². The lowest BCUT2D eigenvalue weighted by Crippen LogP contribution is -2.36. The third kappa shape index (κ3) is 5.06. The average molecular weight is 388 g/mol. The van der Waals surface area contributed by atoms with Gasteiger partial charge in [-0.3, -0.25) is 0 Å². The van der Waals surface area contributed by atoms with Crippen molar-refractivity contribution in [1.29, 1.82) is 0 Å². The van der Waals surface area contributed by atoms with Gasteiger partial charge >= 0.3 is 0 Å². The van der Waals surface area contributed by atoms with Gasteiger partial charge in [-0.15, -0.1) is 0 Å². The molecule has 29 heavy (non-hydrogen) atoms. The zero-order valence-electron chi connectivity index (χ0n) is 16.7. The van der Waals surface area contributed by atoms with Crippen molar-refractivity contribution in [2.24, 2.45) is 0 Å². The highest BCUT2D eigenvalue weighted by molar-refractivity contribution is 5.38. The third-order valence-corrected chi connectivity index (χ3v) is 5.67. The van der Waals surface area contributed by atoms with Crippen LogP contribution in [0.5, 0.6) is 5.75 Å². The highest BCUT2D eigenvalue weighted by Crippen LogP contribution is 2.38. The molecule has 0 fully saturated rings. The third-order valence-electron chi connectivity index (χ3n) is 5.67. The number of ether oxygens (including phenoxy) is 1. The molecule has 1 heterocycles. The fourth-order valence-electron chi connectivity index (χ4n) is 4.06. The second-order valence-corrected chi connectivity index (χ2v) is 7.74. The number of para-hydroxylation sites is 1. The van der Waals surface area contributed by atoms with Crippen LogP contribution in [-0.2, 0) is 6.42 Å². The summed E-state index contributed by atoms with van der Waals surface area (Å²) in [7, 11) is 0. The van der Waals surface area contributed by atoms with Crippen LogP contribution in [-0.4, -0.2) is 17.7 Å². The number of unbranched alkanes of at least 4 members (excludes halogenated alkanes) is 1. The lowest BCUT2D eigenvalue weighted by atomic mass is 9.95. The van der Waals surface area contributed by atoms with Gasteiger partial charge in [-0.2, -0.15) is 0 Å². The molecule has 3 aromatic carbocycles. The van der Waals surface area contributed by atoms with E-state index in [4.69, 9.17) is 4.74 Å². The number of nitrogens with one attached hydrogen (secondary N) is 1. The highest BCUT2D eigenvalue weighted by Gasteiger charge is 2.32. The molecule has 1 aliphatic rings. The van der Waals surface area contributed by atoms with E-state index in [9.17, 15) is 5.11 Å². The Bertz CT molecular complexity index is 881. The van der Waals surface area contributed by atoms with Crippen molar-refractivity contribution in [2.45, 2.75) is 43.9 Å². The van der Waals surface area contributed by atoms with Crippen molar-refractivity contribution in [3.8, 4) is 5.75 Å². The second kappa shape index (κ2) is 9.73. The summed E-state index contributed by atoms with van der Waals surface area (Å²) >= 11 is 0. The SMILES string of the molecule is OC1c2ccccc2OC(c2ccccc2)CC1NCCCCc1ccccc1. The molecule has 2 N–H and O–H groups in total. The first-order valence-electron chi connectivity index (χ1n) is 10.6. The van der Waals surface area contributed by atoms with Crippen LogP contribution >= 0.6 is 0 Å². The first-order valence-corrected chi connectivity index (χ1v) is 10.6. The molecular formula is C26H29NO2. The molecule has 3 atom stereocenters. The number of rotatable bonds is 7. The van der Waals surface area contributed by atoms with Gasteiger partial charge < -0.3 is 15.2 Å². The summed E-state index contributed by atoms with van der Waals surface area (Å²) in [6.07, 6.45) is 3.39. The number of benzene rings is 3. The Labute approximate surface area is 173 Å². The van der Waals surface area contributed by atoms with E-state index in [0.717, 1.165) is 49.1 Å². The summed E-state index contributed by atoms with van der Waals surface area (Å²) in [5.41, 5.74) is 3.40. The molecule has 0 spiro atoms. The van der Waals surface area contributed by atoms with Crippen LogP contribution in [0, 0.1) is 0 Å². The summed E-state index contributed by atoms with van der Waals surface area (Å²) < 4.78 is 6.33. The van der Waals surface area contributed by atoms with Crippen LogP contribution in [0.2, 0.25) is 0 Å². The molecule has 3 unspecified atom stereocenters. The van der Waals surface area contributed by atoms with Crippen molar-refractivity contribution in [3.05, 3.63) is 102 Å². The minimum absolute atomic E-state index is 0.0411. The number of aliphatic hydroxyl groups is 1. The lowest BCUT2D eigenvalue weighted by Gasteiger charge is -2.24. The maximum Gasteiger partial charge on any atom is 0.126 e. The molecule has 0 aromatic heterocycles. The fraction of sp³-hybridized carbons (Fsp3) is 0.308. The van der Waals surface area contributed by atoms with Crippen molar-refractivity contribution in [2.75, 3.05) is 6.54 Å². The van der Waals surface area contributed by atoms with E-state index in [0.29, 0.717) is 0 Å². The number of aliphatic hydroxyl groups excluding tert-OH is 1. The number of hydrogen-bond donors (Lipinski definition) is 2. The minimum atomic E-state index is -0.575. The lowest BCUT2D eigenvalue weighted by molar-refractivity contribution is 0.112. The van der Waals surface area contributed by atoms with E-state index in [1.165, 1.54) is 5.56 Å². The second-order valence-electron chi connectivity index (χ2n) is 7.74. The largest absolute Gasteiger partial charge is 0.485 e. The maximum atomic E-state index is 11.1. The smallest absolute Gasteiger partial charge is 0.126 e. The van der Waals surface area contributed by atoms with Crippen LogP contribution < -0.4 is 10.1 Å². The molecule has 0 radical (unpaired) electrons. The summed E-state index contributed by atoms with van der Waals surface area (Å²) in [4.78, 5) is 0. The molecule has 3 aromatic rings. The van der Waals surface area contributed by atoms with Crippen LogP contribution in [0.25, 0.3) is 0 Å². The van der Waals surface area contributed by atoms with Crippen LogP contribution in [0.4, 0.5) is 0 Å². The van der Waals surface area contributed by atoms with Gasteiger partial charge in [0, 0.05) is 18.0 Å². The normalized spacial score (nSPS) is 21.1. The van der Waals surface area contributed by atoms with Crippen LogP contribution in [0.1, 0.15) is 48.2 Å². The van der Waals surface area contributed by atoms with E-state index in [-0.39, 0.29) is 12.1 Å². The summed E-state index contributed by atoms with van der Waals surface area (Å²) in [6, 6.07) is 28.7. The Morgan fingerprint density at radius 1 is 0.828 bits per heavy atom. The van der Waals surface area contributed by atoms with E-state index in [1.54, 1.807) is 0 Å². The molecule has 4 rings (SSSR count). The van der Waals surface area contributed by atoms with Crippen LogP contribution in [0.15, 0.2) is 84.9 Å². The van der Waals surface area contributed by atoms with E-state index >= 15 is 0 Å². The van der Waals surface area contributed by atoms with Crippen molar-refractivity contribution < 1.29 is 9.84 Å². The van der Waals surface area contributed by atoms with Gasteiger partial charge in [0.25, 0.3) is 0 Å². The fourth-order valence-corrected chi connectivity index (χ4v) is 4.06. The summed E-state index contributed by atoms with van der Waals surface area (Å²) in [5.74, 6) is 0.780. The molecule has 0 saturated heterocycles. The maximum absolute atomic E-state index is 11.1. The molecule has 1 aliphatic heterocycles. The van der Waals surface area contributed by atoms with Gasteiger partial charge in [-0.05, 0) is 43.0 Å². The topological polar surface area (TPSA) is 41.5 Å². The summed E-state index contributed by atoms with van der Waals surface area (Å²) in [6.45, 7) is 0.887. The van der Waals surface area contributed by atoms with Crippen molar-refractivity contribution in [1.82, 2.24) is 5.32 Å². The van der Waals surface area contributed by atoms with Gasteiger partial charge in [-0.1, -0.05) is 78.9 Å². The van der Waals surface area contributed by atoms with Gasteiger partial charge in [0.1, 0.15) is 11.9 Å². The quantitative estimate of drug-likeness (QED) is 0.546. The van der Waals surface area contributed by atoms with Gasteiger partial charge in [0.2, 0.25) is 0 Å². The van der Waals surface area contributed by atoms with Gasteiger partial charge in [0.05, 0.1) is 6.10 Å². The first kappa shape index (κ1) is 19.7. The standard InChI is InChI=1S/C26H29NO2/c28-26-22-16-7-8-17-24(22)29-25(21-14-5-2-6-15-21)19-23(26)27-18-10-9-13-20-11-3-1-4-12-20/h1-8,11-12,14-17,23,25-28H,9-10,13,18-19H2. The van der Waals surface area contributed by atoms with Crippen molar-refractivity contribution >= 4 is 0 Å². The van der Waals surface area contributed by atoms with E-state index in [2.05, 4.69) is 47.8 Å². The number of aryl methyl sites for hydroxylation is 1. The Morgan fingerprint density at radius 2 is 1.52 bits per heavy atom. The zero-order valence-corrected chi connectivity index (χ0v) is 16.7. The van der Waals surface area contributed by atoms with E-state index < -0.39 is 6.10 Å². The molecule has 3 nitrogen and oxygen atoms in total. The average Bonchev–Trinajstić information content (AvgIpc) is 2.92. The highest BCUT2D eigenvalue weighted by atomic mass is 16.5. The molecule has 0 bridgehead atoms. The Balaban J connectivity index is 1.40. The Hall–Kier alpha value is -2.62. The zero-order chi connectivity index (χ0) is 19.9. The first-order chi connectivity index (χ1) is 14.3. The van der Waals surface area contributed by atoms with Crippen molar-refractivity contribution in [3.63, 3.8) is 0 Å². The molecule has 0 saturated carbocycles. The Morgan fingerprint density at radius 3 is 2.31 bits per heavy atom. The molecular weight excluding hydrogens is 358 g/mol. The molecule has 150 valence electrons. The molecule has 3 heteroatoms. The van der Waals surface area contributed by atoms with Crippen LogP contribution in [0.3, 0.4) is 0 Å². The summed E-state index contributed by atoms with van der Waals surface area (Å²) in [5, 5.41) is 14.7. The van der Waals surface area contributed by atoms with Gasteiger partial charge in [0.15, 0.2) is 0 Å². The molecule has 0 aliphatic carbocycles. The monoisotopic (exact) mass is 387 g/mol. The Kier molecular flexibility index (Phi) is 6.60.